The van der Waals surface area contributed by atoms with Gasteiger partial charge in [-0.25, -0.2) is 0 Å². The molecule has 0 spiro atoms. The summed E-state index contributed by atoms with van der Waals surface area (Å²) in [5.41, 5.74) is 1.19. The lowest BCUT2D eigenvalue weighted by molar-refractivity contribution is 0.669. The van der Waals surface area contributed by atoms with Crippen LogP contribution in [0.3, 0.4) is 0 Å². The Morgan fingerprint density at radius 3 is 3.20 bits per heavy atom. The third-order valence-electron chi connectivity index (χ3n) is 2.22. The number of pyridine rings is 1. The fourth-order valence-corrected chi connectivity index (χ4v) is 2.23. The molecular weight excluding hydrogens is 206 g/mol. The van der Waals surface area contributed by atoms with Crippen molar-refractivity contribution < 1.29 is 0 Å². The number of amidine groups is 1. The maximum atomic E-state index is 4.47. The van der Waals surface area contributed by atoms with Gasteiger partial charge in [0, 0.05) is 31.2 Å². The highest BCUT2D eigenvalue weighted by atomic mass is 32.2. The molecule has 0 saturated carbocycles. The Balaban J connectivity index is 1.84. The van der Waals surface area contributed by atoms with Crippen LogP contribution < -0.4 is 5.32 Å². The van der Waals surface area contributed by atoms with Crippen LogP contribution in [0.4, 0.5) is 0 Å². The molecule has 0 aromatic carbocycles. The van der Waals surface area contributed by atoms with Crippen LogP contribution in [0.2, 0.25) is 0 Å². The molecule has 1 aromatic heterocycles. The summed E-state index contributed by atoms with van der Waals surface area (Å²) in [7, 11) is 0. The third-order valence-corrected chi connectivity index (χ3v) is 3.50. The van der Waals surface area contributed by atoms with Crippen molar-refractivity contribution in [3.8, 4) is 0 Å². The third kappa shape index (κ3) is 3.23. The second-order valence-electron chi connectivity index (χ2n) is 3.78. The quantitative estimate of drug-likeness (QED) is 0.829. The fraction of sp³-hybridized carbons (Fsp3) is 0.455. The molecule has 1 unspecified atom stereocenters. The first-order chi connectivity index (χ1) is 7.34. The largest absolute Gasteiger partial charge is 0.361 e. The SMILES string of the molecule is CC1CN=C(NCc2cccnc2)SC1. The van der Waals surface area contributed by atoms with Gasteiger partial charge in [-0.3, -0.25) is 9.98 Å². The maximum Gasteiger partial charge on any atom is 0.156 e. The van der Waals surface area contributed by atoms with Crippen molar-refractivity contribution in [2.45, 2.75) is 13.5 Å². The lowest BCUT2D eigenvalue weighted by Crippen LogP contribution is -2.25. The summed E-state index contributed by atoms with van der Waals surface area (Å²) in [6.45, 7) is 3.99. The fourth-order valence-electron chi connectivity index (χ4n) is 1.35. The molecule has 0 radical (unpaired) electrons. The Labute approximate surface area is 94.4 Å². The zero-order valence-electron chi connectivity index (χ0n) is 8.81. The topological polar surface area (TPSA) is 37.3 Å². The Kier molecular flexibility index (Phi) is 3.61. The number of aromatic nitrogens is 1. The average molecular weight is 221 g/mol. The molecule has 1 aliphatic heterocycles. The zero-order chi connectivity index (χ0) is 10.5. The highest BCUT2D eigenvalue weighted by Gasteiger charge is 2.11. The summed E-state index contributed by atoms with van der Waals surface area (Å²) in [4.78, 5) is 8.55. The van der Waals surface area contributed by atoms with Gasteiger partial charge < -0.3 is 5.32 Å². The molecule has 1 aromatic rings. The van der Waals surface area contributed by atoms with Gasteiger partial charge in [0.2, 0.25) is 0 Å². The molecule has 0 fully saturated rings. The van der Waals surface area contributed by atoms with Crippen molar-refractivity contribution in [2.24, 2.45) is 10.9 Å². The molecule has 2 rings (SSSR count). The number of hydrogen-bond acceptors (Lipinski definition) is 4. The predicted octanol–water partition coefficient (Wildman–Crippen LogP) is 1.91. The van der Waals surface area contributed by atoms with Gasteiger partial charge in [-0.15, -0.1) is 0 Å². The van der Waals surface area contributed by atoms with E-state index in [-0.39, 0.29) is 0 Å². The van der Waals surface area contributed by atoms with Crippen LogP contribution in [0, 0.1) is 5.92 Å². The Hall–Kier alpha value is -1.03. The number of rotatable bonds is 2. The van der Waals surface area contributed by atoms with Crippen molar-refractivity contribution >= 4 is 16.9 Å². The van der Waals surface area contributed by atoms with Crippen molar-refractivity contribution in [2.75, 3.05) is 12.3 Å². The number of thioether (sulfide) groups is 1. The molecule has 1 atom stereocenters. The molecule has 0 bridgehead atoms. The lowest BCUT2D eigenvalue weighted by Gasteiger charge is -2.17. The normalized spacial score (nSPS) is 20.9. The van der Waals surface area contributed by atoms with E-state index < -0.39 is 0 Å². The molecule has 1 N–H and O–H groups in total. The molecule has 4 heteroatoms. The summed E-state index contributed by atoms with van der Waals surface area (Å²) >= 11 is 1.81. The van der Waals surface area contributed by atoms with Gasteiger partial charge in [-0.1, -0.05) is 24.8 Å². The van der Waals surface area contributed by atoms with E-state index in [4.69, 9.17) is 0 Å². The highest BCUT2D eigenvalue weighted by Crippen LogP contribution is 2.15. The van der Waals surface area contributed by atoms with Crippen molar-refractivity contribution in [1.29, 1.82) is 0 Å². The summed E-state index contributed by atoms with van der Waals surface area (Å²) < 4.78 is 0. The summed E-state index contributed by atoms with van der Waals surface area (Å²) in [6.07, 6.45) is 3.67. The van der Waals surface area contributed by atoms with Crippen LogP contribution in [0.15, 0.2) is 29.5 Å². The van der Waals surface area contributed by atoms with Crippen LogP contribution in [0.25, 0.3) is 0 Å². The summed E-state index contributed by atoms with van der Waals surface area (Å²) in [6, 6.07) is 4.02. The van der Waals surface area contributed by atoms with Crippen LogP contribution in [-0.2, 0) is 6.54 Å². The Morgan fingerprint density at radius 2 is 2.53 bits per heavy atom. The standard InChI is InChI=1S/C11H15N3S/c1-9-5-13-11(15-8-9)14-7-10-3-2-4-12-6-10/h2-4,6,9H,5,7-8H2,1H3,(H,13,14). The lowest BCUT2D eigenvalue weighted by atomic mass is 10.2. The summed E-state index contributed by atoms with van der Waals surface area (Å²) in [5, 5.41) is 4.40. The first-order valence-corrected chi connectivity index (χ1v) is 6.13. The van der Waals surface area contributed by atoms with Gasteiger partial charge in [-0.05, 0) is 17.5 Å². The monoisotopic (exact) mass is 221 g/mol. The number of nitrogens with one attached hydrogen (secondary N) is 1. The van der Waals surface area contributed by atoms with E-state index >= 15 is 0 Å². The van der Waals surface area contributed by atoms with E-state index in [2.05, 4.69) is 28.3 Å². The molecule has 0 saturated heterocycles. The number of nitrogens with zero attached hydrogens (tertiary/aromatic N) is 2. The predicted molar refractivity (Wildman–Crippen MR) is 65.0 cm³/mol. The second kappa shape index (κ2) is 5.16. The molecule has 1 aliphatic rings. The molecule has 3 nitrogen and oxygen atoms in total. The highest BCUT2D eigenvalue weighted by molar-refractivity contribution is 8.13. The van der Waals surface area contributed by atoms with Crippen LogP contribution >= 0.6 is 11.8 Å². The van der Waals surface area contributed by atoms with E-state index in [9.17, 15) is 0 Å². The van der Waals surface area contributed by atoms with Crippen LogP contribution in [-0.4, -0.2) is 22.4 Å². The Bertz CT molecular complexity index is 337. The van der Waals surface area contributed by atoms with E-state index in [0.717, 1.165) is 18.3 Å². The van der Waals surface area contributed by atoms with Crippen molar-refractivity contribution in [3.05, 3.63) is 30.1 Å². The molecule has 15 heavy (non-hydrogen) atoms. The first-order valence-electron chi connectivity index (χ1n) is 5.14. The molecular formula is C11H15N3S. The minimum absolute atomic E-state index is 0.707. The molecule has 80 valence electrons. The first kappa shape index (κ1) is 10.5. The van der Waals surface area contributed by atoms with Gasteiger partial charge in [-0.2, -0.15) is 0 Å². The van der Waals surface area contributed by atoms with Gasteiger partial charge >= 0.3 is 0 Å². The minimum atomic E-state index is 0.707. The van der Waals surface area contributed by atoms with Gasteiger partial charge in [0.05, 0.1) is 0 Å². The Morgan fingerprint density at radius 1 is 1.60 bits per heavy atom. The zero-order valence-corrected chi connectivity index (χ0v) is 9.63. The van der Waals surface area contributed by atoms with E-state index in [1.165, 1.54) is 11.3 Å². The smallest absolute Gasteiger partial charge is 0.156 e. The average Bonchev–Trinajstić information content (AvgIpc) is 2.30. The van der Waals surface area contributed by atoms with Crippen LogP contribution in [0.5, 0.6) is 0 Å². The molecule has 2 heterocycles. The van der Waals surface area contributed by atoms with Gasteiger partial charge in [0.15, 0.2) is 5.17 Å². The van der Waals surface area contributed by atoms with Crippen LogP contribution in [0.1, 0.15) is 12.5 Å². The van der Waals surface area contributed by atoms with E-state index in [0.29, 0.717) is 5.92 Å². The second-order valence-corrected chi connectivity index (χ2v) is 4.79. The summed E-state index contributed by atoms with van der Waals surface area (Å²) in [5.74, 6) is 1.87. The van der Waals surface area contributed by atoms with E-state index in [1.807, 2.05) is 24.0 Å². The number of aliphatic imine (C=N–C) groups is 1. The van der Waals surface area contributed by atoms with Crippen molar-refractivity contribution in [3.63, 3.8) is 0 Å². The molecule has 0 aliphatic carbocycles. The van der Waals surface area contributed by atoms with Gasteiger partial charge in [0.1, 0.15) is 0 Å². The van der Waals surface area contributed by atoms with Gasteiger partial charge in [0.25, 0.3) is 0 Å². The van der Waals surface area contributed by atoms with E-state index in [1.54, 1.807) is 6.20 Å². The molecule has 0 amide bonds. The minimum Gasteiger partial charge on any atom is -0.361 e. The maximum absolute atomic E-state index is 4.47. The number of hydrogen-bond donors (Lipinski definition) is 1. The van der Waals surface area contributed by atoms with Crippen molar-refractivity contribution in [1.82, 2.24) is 10.3 Å².